The van der Waals surface area contributed by atoms with Crippen molar-refractivity contribution in [1.29, 1.82) is 0 Å². The van der Waals surface area contributed by atoms with Gasteiger partial charge in [-0.1, -0.05) is 0 Å². The summed E-state index contributed by atoms with van der Waals surface area (Å²) in [7, 11) is 0. The van der Waals surface area contributed by atoms with Crippen molar-refractivity contribution in [3.05, 3.63) is 22.2 Å². The van der Waals surface area contributed by atoms with Gasteiger partial charge in [-0.05, 0) is 0 Å². The third kappa shape index (κ3) is 2.87. The van der Waals surface area contributed by atoms with E-state index in [-0.39, 0.29) is 18.0 Å². The molecule has 0 unspecified atom stereocenters. The first-order valence-corrected chi connectivity index (χ1v) is 4.32. The number of rotatable bonds is 2. The topological polar surface area (TPSA) is 58.5 Å². The summed E-state index contributed by atoms with van der Waals surface area (Å²) in [5.41, 5.74) is -0.178. The van der Waals surface area contributed by atoms with Crippen LogP contribution in [0.3, 0.4) is 0 Å². The van der Waals surface area contributed by atoms with Crippen LogP contribution in [0.2, 0.25) is 0 Å². The van der Waals surface area contributed by atoms with Crippen molar-refractivity contribution in [1.82, 2.24) is 10.1 Å². The van der Waals surface area contributed by atoms with Crippen LogP contribution in [-0.4, -0.2) is 36.4 Å². The van der Waals surface area contributed by atoms with Gasteiger partial charge in [0.05, 0.1) is 19.8 Å². The van der Waals surface area contributed by atoms with Crippen molar-refractivity contribution in [2.24, 2.45) is 0 Å². The Bertz CT molecular complexity index is 316. The molecular weight excluding hydrogens is 208 g/mol. The van der Waals surface area contributed by atoms with Crippen molar-refractivity contribution >= 4 is 12.4 Å². The van der Waals surface area contributed by atoms with E-state index in [1.165, 1.54) is 6.07 Å². The molecule has 2 heterocycles. The number of morpholine rings is 1. The summed E-state index contributed by atoms with van der Waals surface area (Å²) in [6.45, 7) is 4.00. The number of H-pyrrole nitrogens is 1. The SMILES string of the molecule is Cl.O=c1cc(CN2CCOCC2)o[nH]1. The van der Waals surface area contributed by atoms with Crippen LogP contribution in [0.15, 0.2) is 15.4 Å². The van der Waals surface area contributed by atoms with Gasteiger partial charge in [0, 0.05) is 19.2 Å². The fourth-order valence-corrected chi connectivity index (χ4v) is 1.38. The van der Waals surface area contributed by atoms with Crippen LogP contribution in [0, 0.1) is 0 Å². The van der Waals surface area contributed by atoms with E-state index in [9.17, 15) is 4.79 Å². The minimum Gasteiger partial charge on any atom is -0.382 e. The number of aromatic amines is 1. The highest BCUT2D eigenvalue weighted by Gasteiger charge is 2.12. The average Bonchev–Trinajstić information content (AvgIpc) is 2.53. The van der Waals surface area contributed by atoms with Gasteiger partial charge in [0.1, 0.15) is 0 Å². The number of aromatic nitrogens is 1. The van der Waals surface area contributed by atoms with Gasteiger partial charge in [-0.2, -0.15) is 5.16 Å². The second kappa shape index (κ2) is 5.19. The molecule has 1 N–H and O–H groups in total. The maximum Gasteiger partial charge on any atom is 0.280 e. The Morgan fingerprint density at radius 1 is 1.43 bits per heavy atom. The molecule has 1 saturated heterocycles. The molecule has 0 radical (unpaired) electrons. The summed E-state index contributed by atoms with van der Waals surface area (Å²) in [5, 5.41) is 2.27. The number of hydrogen-bond donors (Lipinski definition) is 1. The highest BCUT2D eigenvalue weighted by molar-refractivity contribution is 5.85. The average molecular weight is 221 g/mol. The maximum atomic E-state index is 10.7. The van der Waals surface area contributed by atoms with Crippen LogP contribution in [0.5, 0.6) is 0 Å². The summed E-state index contributed by atoms with van der Waals surface area (Å²) in [6, 6.07) is 1.48. The van der Waals surface area contributed by atoms with E-state index < -0.39 is 0 Å². The molecule has 5 nitrogen and oxygen atoms in total. The Morgan fingerprint density at radius 2 is 2.14 bits per heavy atom. The van der Waals surface area contributed by atoms with Crippen molar-refractivity contribution < 1.29 is 9.26 Å². The Hall–Kier alpha value is -0.780. The predicted molar refractivity (Wildman–Crippen MR) is 52.7 cm³/mol. The van der Waals surface area contributed by atoms with Gasteiger partial charge in [0.2, 0.25) is 0 Å². The first-order valence-electron chi connectivity index (χ1n) is 4.32. The Balaban J connectivity index is 0.000000980. The highest BCUT2D eigenvalue weighted by Crippen LogP contribution is 2.03. The predicted octanol–water partition coefficient (Wildman–Crippen LogP) is 0.222. The zero-order chi connectivity index (χ0) is 9.10. The van der Waals surface area contributed by atoms with Crippen LogP contribution >= 0.6 is 12.4 Å². The fourth-order valence-electron chi connectivity index (χ4n) is 1.38. The molecule has 2 rings (SSSR count). The van der Waals surface area contributed by atoms with Crippen LogP contribution < -0.4 is 5.56 Å². The molecular formula is C8H13ClN2O3. The Morgan fingerprint density at radius 3 is 2.71 bits per heavy atom. The second-order valence-corrected chi connectivity index (χ2v) is 3.07. The number of ether oxygens (including phenoxy) is 1. The van der Waals surface area contributed by atoms with Gasteiger partial charge in [-0.3, -0.25) is 9.69 Å². The summed E-state index contributed by atoms with van der Waals surface area (Å²) in [6.07, 6.45) is 0. The number of halogens is 1. The van der Waals surface area contributed by atoms with E-state index in [0.717, 1.165) is 26.3 Å². The first kappa shape index (κ1) is 11.3. The lowest BCUT2D eigenvalue weighted by Gasteiger charge is -2.25. The van der Waals surface area contributed by atoms with Crippen molar-refractivity contribution in [2.45, 2.75) is 6.54 Å². The third-order valence-electron chi connectivity index (χ3n) is 2.06. The molecule has 0 saturated carbocycles. The van der Waals surface area contributed by atoms with E-state index in [1.54, 1.807) is 0 Å². The summed E-state index contributed by atoms with van der Waals surface area (Å²) >= 11 is 0. The van der Waals surface area contributed by atoms with E-state index in [0.29, 0.717) is 12.3 Å². The molecule has 0 bridgehead atoms. The van der Waals surface area contributed by atoms with E-state index in [1.807, 2.05) is 0 Å². The van der Waals surface area contributed by atoms with Crippen LogP contribution in [0.4, 0.5) is 0 Å². The van der Waals surface area contributed by atoms with E-state index >= 15 is 0 Å². The summed E-state index contributed by atoms with van der Waals surface area (Å²) in [4.78, 5) is 12.9. The minimum atomic E-state index is -0.178. The van der Waals surface area contributed by atoms with Crippen molar-refractivity contribution in [3.63, 3.8) is 0 Å². The van der Waals surface area contributed by atoms with Crippen molar-refractivity contribution in [2.75, 3.05) is 26.3 Å². The van der Waals surface area contributed by atoms with Crippen LogP contribution in [0.1, 0.15) is 5.76 Å². The first-order chi connectivity index (χ1) is 6.34. The normalized spacial score (nSPS) is 17.7. The Kier molecular flexibility index (Phi) is 4.19. The van der Waals surface area contributed by atoms with Gasteiger partial charge in [-0.25, -0.2) is 0 Å². The van der Waals surface area contributed by atoms with Gasteiger partial charge in [0.15, 0.2) is 5.76 Å². The summed E-state index contributed by atoms with van der Waals surface area (Å²) in [5.74, 6) is 0.687. The number of hydrogen-bond acceptors (Lipinski definition) is 4. The van der Waals surface area contributed by atoms with E-state index in [2.05, 4.69) is 10.1 Å². The summed E-state index contributed by atoms with van der Waals surface area (Å²) < 4.78 is 10.1. The molecule has 1 aromatic rings. The lowest BCUT2D eigenvalue weighted by molar-refractivity contribution is 0.0305. The third-order valence-corrected chi connectivity index (χ3v) is 2.06. The van der Waals surface area contributed by atoms with Gasteiger partial charge in [-0.15, -0.1) is 12.4 Å². The minimum absolute atomic E-state index is 0. The zero-order valence-corrected chi connectivity index (χ0v) is 8.51. The smallest absolute Gasteiger partial charge is 0.280 e. The van der Waals surface area contributed by atoms with E-state index in [4.69, 9.17) is 9.26 Å². The number of nitrogens with zero attached hydrogens (tertiary/aromatic N) is 1. The monoisotopic (exact) mass is 220 g/mol. The fraction of sp³-hybridized carbons (Fsp3) is 0.625. The highest BCUT2D eigenvalue weighted by atomic mass is 35.5. The zero-order valence-electron chi connectivity index (χ0n) is 7.69. The molecule has 0 spiro atoms. The molecule has 80 valence electrons. The largest absolute Gasteiger partial charge is 0.382 e. The quantitative estimate of drug-likeness (QED) is 0.775. The standard InChI is InChI=1S/C8H12N2O3.ClH/c11-8-5-7(13-9-8)6-10-1-3-12-4-2-10;/h5H,1-4,6H2,(H,9,11);1H. The molecule has 1 aliphatic rings. The Labute approximate surface area is 87.4 Å². The van der Waals surface area contributed by atoms with Crippen LogP contribution in [0.25, 0.3) is 0 Å². The number of nitrogens with one attached hydrogen (secondary N) is 1. The second-order valence-electron chi connectivity index (χ2n) is 3.07. The molecule has 1 aromatic heterocycles. The molecule has 6 heteroatoms. The molecule has 0 aliphatic carbocycles. The molecule has 1 fully saturated rings. The molecule has 0 atom stereocenters. The lowest BCUT2D eigenvalue weighted by atomic mass is 10.3. The van der Waals surface area contributed by atoms with Crippen molar-refractivity contribution in [3.8, 4) is 0 Å². The van der Waals surface area contributed by atoms with Gasteiger partial charge >= 0.3 is 0 Å². The van der Waals surface area contributed by atoms with Crippen LogP contribution in [-0.2, 0) is 11.3 Å². The molecule has 0 amide bonds. The lowest BCUT2D eigenvalue weighted by Crippen LogP contribution is -2.35. The molecule has 1 aliphatic heterocycles. The van der Waals surface area contributed by atoms with Gasteiger partial charge in [0.25, 0.3) is 5.56 Å². The maximum absolute atomic E-state index is 10.7. The van der Waals surface area contributed by atoms with Gasteiger partial charge < -0.3 is 9.26 Å². The molecule has 14 heavy (non-hydrogen) atoms. The molecule has 0 aromatic carbocycles.